The fourth-order valence-corrected chi connectivity index (χ4v) is 3.22. The lowest BCUT2D eigenvalue weighted by molar-refractivity contribution is 0.280. The van der Waals surface area contributed by atoms with E-state index in [4.69, 9.17) is 0 Å². The number of hydrogen-bond acceptors (Lipinski definition) is 1. The maximum atomic E-state index is 4.48. The summed E-state index contributed by atoms with van der Waals surface area (Å²) in [5.41, 5.74) is 3.87. The summed E-state index contributed by atoms with van der Waals surface area (Å²) in [6.45, 7) is 2.14. The van der Waals surface area contributed by atoms with Crippen LogP contribution in [0.3, 0.4) is 0 Å². The lowest BCUT2D eigenvalue weighted by Gasteiger charge is -2.33. The van der Waals surface area contributed by atoms with Gasteiger partial charge in [0, 0.05) is 16.6 Å². The number of benzene rings is 1. The first-order valence-electron chi connectivity index (χ1n) is 6.51. The Kier molecular flexibility index (Phi) is 3.25. The Morgan fingerprint density at radius 1 is 1.39 bits per heavy atom. The summed E-state index contributed by atoms with van der Waals surface area (Å²) in [6.07, 6.45) is 6.00. The van der Waals surface area contributed by atoms with Gasteiger partial charge in [-0.3, -0.25) is 5.10 Å². The zero-order valence-corrected chi connectivity index (χ0v) is 12.1. The molecule has 1 aliphatic rings. The van der Waals surface area contributed by atoms with Gasteiger partial charge in [0.2, 0.25) is 0 Å². The average molecular weight is 305 g/mol. The highest BCUT2D eigenvalue weighted by molar-refractivity contribution is 9.10. The van der Waals surface area contributed by atoms with Gasteiger partial charge in [0.15, 0.2) is 0 Å². The monoisotopic (exact) mass is 304 g/mol. The molecule has 1 N–H and O–H groups in total. The molecule has 3 heteroatoms. The molecule has 1 aromatic carbocycles. The van der Waals surface area contributed by atoms with Crippen LogP contribution in [0.15, 0.2) is 34.9 Å². The fraction of sp³-hybridized carbons (Fsp3) is 0.400. The Morgan fingerprint density at radius 3 is 2.78 bits per heavy atom. The smallest absolute Gasteiger partial charge is 0.0728 e. The molecule has 0 spiro atoms. The number of nitrogens with zero attached hydrogens (tertiary/aromatic N) is 1. The number of aryl methyl sites for hydroxylation is 1. The van der Waals surface area contributed by atoms with Crippen molar-refractivity contribution in [2.75, 3.05) is 0 Å². The fourth-order valence-electron chi connectivity index (χ4n) is 2.80. The molecule has 1 atom stereocenters. The number of nitrogens with one attached hydrogen (secondary N) is 1. The van der Waals surface area contributed by atoms with Crippen LogP contribution >= 0.6 is 15.9 Å². The van der Waals surface area contributed by atoms with Gasteiger partial charge in [0.25, 0.3) is 0 Å². The Hall–Kier alpha value is -1.09. The third-order valence-corrected chi connectivity index (χ3v) is 4.49. The second-order valence-electron chi connectivity index (χ2n) is 5.18. The number of H-pyrrole nitrogens is 1. The summed E-state index contributed by atoms with van der Waals surface area (Å²) >= 11 is 3.57. The molecule has 0 radical (unpaired) electrons. The van der Waals surface area contributed by atoms with Crippen molar-refractivity contribution in [2.24, 2.45) is 5.92 Å². The number of aromatic nitrogens is 2. The minimum absolute atomic E-state index is 0.447. The summed E-state index contributed by atoms with van der Waals surface area (Å²) in [5.74, 6) is 1.20. The molecule has 1 fully saturated rings. The Morgan fingerprint density at radius 2 is 2.22 bits per heavy atom. The van der Waals surface area contributed by atoms with E-state index in [0.29, 0.717) is 5.92 Å². The highest BCUT2D eigenvalue weighted by Crippen LogP contribution is 2.43. The van der Waals surface area contributed by atoms with Crippen LogP contribution in [0.5, 0.6) is 0 Å². The van der Waals surface area contributed by atoms with Gasteiger partial charge in [0.1, 0.15) is 0 Å². The summed E-state index contributed by atoms with van der Waals surface area (Å²) < 4.78 is 1.15. The largest absolute Gasteiger partial charge is 0.285 e. The van der Waals surface area contributed by atoms with Gasteiger partial charge in [-0.25, -0.2) is 0 Å². The maximum absolute atomic E-state index is 4.48. The molecule has 1 unspecified atom stereocenters. The van der Waals surface area contributed by atoms with Gasteiger partial charge in [0.05, 0.1) is 5.69 Å². The summed E-state index contributed by atoms with van der Waals surface area (Å²) in [5, 5.41) is 7.49. The van der Waals surface area contributed by atoms with Crippen LogP contribution < -0.4 is 0 Å². The molecule has 1 heterocycles. The van der Waals surface area contributed by atoms with Gasteiger partial charge in [-0.05, 0) is 48.9 Å². The van der Waals surface area contributed by atoms with Crippen LogP contribution in [0.4, 0.5) is 0 Å². The summed E-state index contributed by atoms with van der Waals surface area (Å²) in [4.78, 5) is 0. The second kappa shape index (κ2) is 4.88. The van der Waals surface area contributed by atoms with Crippen LogP contribution in [0.2, 0.25) is 0 Å². The standard InChI is InChI=1S/C15H17BrN2/c1-10-9-17-18-15(10)14(11-4-2-5-11)12-6-3-7-13(16)8-12/h3,6-9,11,14H,2,4-5H2,1H3,(H,17,18). The number of aromatic amines is 1. The maximum Gasteiger partial charge on any atom is 0.0728 e. The molecule has 3 rings (SSSR count). The molecular formula is C15H17BrN2. The topological polar surface area (TPSA) is 28.7 Å². The normalized spacial score (nSPS) is 17.4. The summed E-state index contributed by atoms with van der Waals surface area (Å²) in [7, 11) is 0. The van der Waals surface area contributed by atoms with Crippen molar-refractivity contribution < 1.29 is 0 Å². The molecule has 0 bridgehead atoms. The van der Waals surface area contributed by atoms with Crippen LogP contribution in [0.1, 0.15) is 42.0 Å². The highest BCUT2D eigenvalue weighted by Gasteiger charge is 2.32. The van der Waals surface area contributed by atoms with Gasteiger partial charge in [-0.15, -0.1) is 0 Å². The van der Waals surface area contributed by atoms with Crippen LogP contribution in [-0.4, -0.2) is 10.2 Å². The van der Waals surface area contributed by atoms with Crippen molar-refractivity contribution in [2.45, 2.75) is 32.1 Å². The van der Waals surface area contributed by atoms with E-state index < -0.39 is 0 Å². The minimum atomic E-state index is 0.447. The molecule has 2 aromatic rings. The molecule has 1 aromatic heterocycles. The molecule has 0 saturated heterocycles. The van der Waals surface area contributed by atoms with Crippen LogP contribution in [0.25, 0.3) is 0 Å². The Balaban J connectivity index is 2.03. The van der Waals surface area contributed by atoms with Crippen molar-refractivity contribution in [3.8, 4) is 0 Å². The molecule has 18 heavy (non-hydrogen) atoms. The van der Waals surface area contributed by atoms with Crippen LogP contribution in [-0.2, 0) is 0 Å². The molecule has 0 amide bonds. The van der Waals surface area contributed by atoms with E-state index in [2.05, 4.69) is 57.3 Å². The van der Waals surface area contributed by atoms with E-state index in [1.165, 1.54) is 36.1 Å². The highest BCUT2D eigenvalue weighted by atomic mass is 79.9. The second-order valence-corrected chi connectivity index (χ2v) is 6.09. The molecule has 1 aliphatic carbocycles. The van der Waals surface area contributed by atoms with Crippen molar-refractivity contribution in [3.05, 3.63) is 51.8 Å². The Bertz CT molecular complexity index is 543. The predicted molar refractivity (Wildman–Crippen MR) is 76.7 cm³/mol. The predicted octanol–water partition coefficient (Wildman–Crippen LogP) is 4.41. The number of halogens is 1. The van der Waals surface area contributed by atoms with E-state index in [1.807, 2.05) is 6.20 Å². The SMILES string of the molecule is Cc1c[nH]nc1C(c1cccc(Br)c1)C1CCC1. The molecule has 0 aliphatic heterocycles. The third-order valence-electron chi connectivity index (χ3n) is 3.99. The molecular weight excluding hydrogens is 288 g/mol. The van der Waals surface area contributed by atoms with Crippen molar-refractivity contribution >= 4 is 15.9 Å². The lowest BCUT2D eigenvalue weighted by atomic mass is 9.71. The molecule has 2 nitrogen and oxygen atoms in total. The van der Waals surface area contributed by atoms with Crippen LogP contribution in [0, 0.1) is 12.8 Å². The van der Waals surface area contributed by atoms with E-state index >= 15 is 0 Å². The number of rotatable bonds is 3. The minimum Gasteiger partial charge on any atom is -0.285 e. The van der Waals surface area contributed by atoms with Crippen molar-refractivity contribution in [3.63, 3.8) is 0 Å². The van der Waals surface area contributed by atoms with Crippen molar-refractivity contribution in [1.82, 2.24) is 10.2 Å². The number of hydrogen-bond donors (Lipinski definition) is 1. The van der Waals surface area contributed by atoms with Crippen molar-refractivity contribution in [1.29, 1.82) is 0 Å². The van der Waals surface area contributed by atoms with E-state index in [-0.39, 0.29) is 0 Å². The van der Waals surface area contributed by atoms with Gasteiger partial charge in [-0.2, -0.15) is 5.10 Å². The third kappa shape index (κ3) is 2.12. The van der Waals surface area contributed by atoms with Gasteiger partial charge >= 0.3 is 0 Å². The first kappa shape index (κ1) is 12.0. The van der Waals surface area contributed by atoms with Gasteiger partial charge < -0.3 is 0 Å². The quantitative estimate of drug-likeness (QED) is 0.894. The molecule has 1 saturated carbocycles. The first-order chi connectivity index (χ1) is 8.75. The Labute approximate surface area is 116 Å². The zero-order valence-electron chi connectivity index (χ0n) is 10.5. The average Bonchev–Trinajstić information content (AvgIpc) is 2.69. The lowest BCUT2D eigenvalue weighted by Crippen LogP contribution is -2.22. The zero-order chi connectivity index (χ0) is 12.5. The summed E-state index contributed by atoms with van der Waals surface area (Å²) in [6, 6.07) is 8.66. The first-order valence-corrected chi connectivity index (χ1v) is 7.31. The van der Waals surface area contributed by atoms with E-state index in [0.717, 1.165) is 10.4 Å². The van der Waals surface area contributed by atoms with E-state index in [9.17, 15) is 0 Å². The van der Waals surface area contributed by atoms with Gasteiger partial charge in [-0.1, -0.05) is 34.5 Å². The van der Waals surface area contributed by atoms with E-state index in [1.54, 1.807) is 0 Å². The molecule has 94 valence electrons.